The molecule has 0 unspecified atom stereocenters. The minimum atomic E-state index is -2.01. The van der Waals surface area contributed by atoms with Crippen LogP contribution < -0.4 is 0 Å². The fourth-order valence-electron chi connectivity index (χ4n) is 1.66. The molecule has 0 amide bonds. The molecule has 0 aliphatic rings. The van der Waals surface area contributed by atoms with E-state index in [2.05, 4.69) is 26.8 Å². The second kappa shape index (κ2) is 4.16. The molecule has 0 atom stereocenters. The second-order valence-electron chi connectivity index (χ2n) is 4.30. The first-order valence-corrected chi connectivity index (χ1v) is 5.36. The number of rotatable bonds is 3. The van der Waals surface area contributed by atoms with Crippen molar-refractivity contribution in [2.45, 2.75) is 52.8 Å². The largest absolute Gasteiger partial charge is 0.0645 e. The first kappa shape index (κ1) is 7.50. The van der Waals surface area contributed by atoms with Crippen molar-refractivity contribution in [3.8, 4) is 0 Å². The van der Waals surface area contributed by atoms with Gasteiger partial charge in [-0.25, -0.2) is 0 Å². The van der Waals surface area contributed by atoms with Gasteiger partial charge < -0.3 is 0 Å². The summed E-state index contributed by atoms with van der Waals surface area (Å²) in [6.07, 6.45) is 2.04. The lowest BCUT2D eigenvalue weighted by molar-refractivity contribution is 0.438. The highest BCUT2D eigenvalue weighted by Gasteiger charge is 2.22. The molecule has 0 N–H and O–H groups in total. The molecule has 1 aromatic rings. The minimum Gasteiger partial charge on any atom is -0.0645 e. The zero-order valence-electron chi connectivity index (χ0n) is 12.6. The van der Waals surface area contributed by atoms with E-state index >= 15 is 0 Å². The smallest absolute Gasteiger partial charge is 0.0280 e. The maximum absolute atomic E-state index is 7.56. The highest BCUT2D eigenvalue weighted by atomic mass is 14.3. The highest BCUT2D eigenvalue weighted by Crippen LogP contribution is 2.31. The van der Waals surface area contributed by atoms with E-state index in [9.17, 15) is 0 Å². The molecule has 0 spiro atoms. The van der Waals surface area contributed by atoms with Crippen LogP contribution >= 0.6 is 0 Å². The summed E-state index contributed by atoms with van der Waals surface area (Å²) < 4.78 is 22.7. The summed E-state index contributed by atoms with van der Waals surface area (Å²) in [4.78, 5) is 0. The van der Waals surface area contributed by atoms with Crippen molar-refractivity contribution >= 4 is 0 Å². The van der Waals surface area contributed by atoms with Gasteiger partial charge in [-0.2, -0.15) is 0 Å². The van der Waals surface area contributed by atoms with E-state index in [-0.39, 0.29) is 5.41 Å². The molecule has 14 heavy (non-hydrogen) atoms. The molecule has 1 aromatic carbocycles. The van der Waals surface area contributed by atoms with Gasteiger partial charge in [0.05, 0.1) is 0 Å². The van der Waals surface area contributed by atoms with Crippen LogP contribution in [0.5, 0.6) is 0 Å². The van der Waals surface area contributed by atoms with Crippen molar-refractivity contribution in [2.75, 3.05) is 0 Å². The van der Waals surface area contributed by atoms with E-state index in [1.54, 1.807) is 0 Å². The van der Waals surface area contributed by atoms with E-state index < -0.39 is 6.85 Å². The molecular weight excluding hydrogens is 168 g/mol. The summed E-state index contributed by atoms with van der Waals surface area (Å²) in [5, 5.41) is 0. The zero-order valence-corrected chi connectivity index (χ0v) is 9.65. The lowest BCUT2D eigenvalue weighted by Gasteiger charge is -2.28. The summed E-state index contributed by atoms with van der Waals surface area (Å²) in [6, 6.07) is 5.87. The third kappa shape index (κ3) is 2.00. The predicted octanol–water partition coefficient (Wildman–Crippen LogP) is 4.38. The number of benzene rings is 1. The topological polar surface area (TPSA) is 0 Å². The van der Waals surface area contributed by atoms with Gasteiger partial charge in [0, 0.05) is 4.11 Å². The van der Waals surface area contributed by atoms with Gasteiger partial charge in [-0.15, -0.1) is 0 Å². The molecule has 0 aliphatic carbocycles. The van der Waals surface area contributed by atoms with Gasteiger partial charge in [0.1, 0.15) is 0 Å². The summed E-state index contributed by atoms with van der Waals surface area (Å²) in [7, 11) is 0. The number of hydrogen-bond donors (Lipinski definition) is 0. The Morgan fingerprint density at radius 1 is 1.21 bits per heavy atom. The summed E-state index contributed by atoms with van der Waals surface area (Å²) in [6.45, 7) is 6.35. The van der Waals surface area contributed by atoms with E-state index in [4.69, 9.17) is 4.11 Å². The van der Waals surface area contributed by atoms with E-state index in [1.165, 1.54) is 0 Å². The molecule has 0 saturated heterocycles. The number of hydrogen-bond acceptors (Lipinski definition) is 0. The zero-order chi connectivity index (χ0) is 13.3. The van der Waals surface area contributed by atoms with Crippen molar-refractivity contribution in [3.05, 3.63) is 34.9 Å². The number of aryl methyl sites for hydroxylation is 2. The van der Waals surface area contributed by atoms with Crippen LogP contribution in [0.1, 0.15) is 54.4 Å². The summed E-state index contributed by atoms with van der Waals surface area (Å²) in [5.74, 6) is 0. The molecule has 1 rings (SSSR count). The van der Waals surface area contributed by atoms with Gasteiger partial charge in [-0.1, -0.05) is 39.0 Å². The second-order valence-corrected chi connectivity index (χ2v) is 4.30. The Morgan fingerprint density at radius 2 is 1.86 bits per heavy atom. The van der Waals surface area contributed by atoms with Crippen molar-refractivity contribution in [1.82, 2.24) is 0 Å². The van der Waals surface area contributed by atoms with Crippen LogP contribution in [0.15, 0.2) is 18.2 Å². The van der Waals surface area contributed by atoms with Crippen LogP contribution in [-0.2, 0) is 5.41 Å². The Bertz CT molecular complexity index is 387. The van der Waals surface area contributed by atoms with Crippen LogP contribution in [0.2, 0.25) is 0 Å². The van der Waals surface area contributed by atoms with Gasteiger partial charge in [0.25, 0.3) is 0 Å². The average Bonchev–Trinajstić information content (AvgIpc) is 2.27. The highest BCUT2D eigenvalue weighted by molar-refractivity contribution is 5.34. The van der Waals surface area contributed by atoms with Gasteiger partial charge in [0.15, 0.2) is 0 Å². The third-order valence-electron chi connectivity index (χ3n) is 3.50. The third-order valence-corrected chi connectivity index (χ3v) is 3.50. The van der Waals surface area contributed by atoms with Gasteiger partial charge in [0.2, 0.25) is 0 Å². The van der Waals surface area contributed by atoms with Gasteiger partial charge >= 0.3 is 0 Å². The molecule has 0 radical (unpaired) electrons. The van der Waals surface area contributed by atoms with Crippen LogP contribution in [0.3, 0.4) is 0 Å². The maximum atomic E-state index is 7.56. The average molecular weight is 193 g/mol. The van der Waals surface area contributed by atoms with Crippen LogP contribution in [0, 0.1) is 13.8 Å². The first-order chi connectivity index (χ1) is 7.74. The molecule has 0 bridgehead atoms. The lowest BCUT2D eigenvalue weighted by Crippen LogP contribution is -2.19. The molecule has 78 valence electrons. The fourth-order valence-corrected chi connectivity index (χ4v) is 1.66. The molecule has 0 heteroatoms. The summed E-state index contributed by atoms with van der Waals surface area (Å²) >= 11 is 0. The summed E-state index contributed by atoms with van der Waals surface area (Å²) in [5.41, 5.74) is 2.55. The quantitative estimate of drug-likeness (QED) is 0.668. The standard InChI is InChI=1S/C14H22/c1-6-14(5,7-2)13-9-8-11(3)12(4)10-13/h8-10H,6-7H2,1-5H3/i4D3. The van der Waals surface area contributed by atoms with E-state index in [0.717, 1.165) is 24.0 Å². The van der Waals surface area contributed by atoms with Crippen molar-refractivity contribution < 1.29 is 4.11 Å². The van der Waals surface area contributed by atoms with Crippen molar-refractivity contribution in [2.24, 2.45) is 0 Å². The molecular formula is C14H22. The fraction of sp³-hybridized carbons (Fsp3) is 0.571. The van der Waals surface area contributed by atoms with Crippen LogP contribution in [0.4, 0.5) is 0 Å². The van der Waals surface area contributed by atoms with Crippen molar-refractivity contribution in [1.29, 1.82) is 0 Å². The Labute approximate surface area is 92.6 Å². The molecule has 0 nitrogen and oxygen atoms in total. The Morgan fingerprint density at radius 3 is 2.36 bits per heavy atom. The predicted molar refractivity (Wildman–Crippen MR) is 63.9 cm³/mol. The normalized spacial score (nSPS) is 15.9. The molecule has 0 aliphatic heterocycles. The van der Waals surface area contributed by atoms with Crippen LogP contribution in [0.25, 0.3) is 0 Å². The first-order valence-electron chi connectivity index (χ1n) is 6.86. The van der Waals surface area contributed by atoms with E-state index in [1.807, 2.05) is 19.1 Å². The van der Waals surface area contributed by atoms with Crippen LogP contribution in [-0.4, -0.2) is 0 Å². The van der Waals surface area contributed by atoms with E-state index in [0.29, 0.717) is 5.56 Å². The van der Waals surface area contributed by atoms with Gasteiger partial charge in [-0.3, -0.25) is 0 Å². The SMILES string of the molecule is [2H]C([2H])([2H])c1cc(C(C)(CC)CC)ccc1C. The molecule has 0 aromatic heterocycles. The maximum Gasteiger partial charge on any atom is 0.0280 e. The Kier molecular flexibility index (Phi) is 2.23. The monoisotopic (exact) mass is 193 g/mol. The minimum absolute atomic E-state index is 0.0771. The molecule has 0 saturated carbocycles. The Balaban J connectivity index is 3.31. The lowest BCUT2D eigenvalue weighted by atomic mass is 9.77. The molecule has 0 fully saturated rings. The molecule has 0 heterocycles. The van der Waals surface area contributed by atoms with Crippen molar-refractivity contribution in [3.63, 3.8) is 0 Å². The Hall–Kier alpha value is -0.780. The van der Waals surface area contributed by atoms with Gasteiger partial charge in [-0.05, 0) is 48.7 Å².